The highest BCUT2D eigenvalue weighted by Crippen LogP contribution is 2.32. The highest BCUT2D eigenvalue weighted by atomic mass is 32.1. The molecule has 3 rings (SSSR count). The minimum absolute atomic E-state index is 0.328. The predicted octanol–water partition coefficient (Wildman–Crippen LogP) is 2.88. The van der Waals surface area contributed by atoms with Crippen LogP contribution >= 0.6 is 11.3 Å². The molecule has 0 unspecified atom stereocenters. The number of hydrogen-bond acceptors (Lipinski definition) is 8. The Balaban J connectivity index is 1.78. The number of carbonyl (C=O) groups is 1. The van der Waals surface area contributed by atoms with Gasteiger partial charge in [0.15, 0.2) is 0 Å². The van der Waals surface area contributed by atoms with Crippen molar-refractivity contribution in [2.75, 3.05) is 26.6 Å². The smallest absolute Gasteiger partial charge is 0.259 e. The molecule has 0 saturated heterocycles. The molecule has 0 aliphatic heterocycles. The number of carbonyl (C=O) groups excluding carboxylic acids is 1. The molecule has 2 aromatic heterocycles. The number of hydrogen-bond donors (Lipinski definition) is 1. The normalized spacial score (nSPS) is 10.3. The average molecular weight is 372 g/mol. The first kappa shape index (κ1) is 17.6. The van der Waals surface area contributed by atoms with Crippen molar-refractivity contribution in [2.45, 2.75) is 0 Å². The molecule has 8 nitrogen and oxygen atoms in total. The summed E-state index contributed by atoms with van der Waals surface area (Å²) in [4.78, 5) is 16.3. The number of nitrogens with one attached hydrogen (secondary N) is 1. The van der Waals surface area contributed by atoms with Crippen LogP contribution in [0.2, 0.25) is 0 Å². The molecule has 2 heterocycles. The quantitative estimate of drug-likeness (QED) is 0.711. The molecular weight excluding hydrogens is 356 g/mol. The number of rotatable bonds is 6. The number of anilines is 1. The average Bonchev–Trinajstić information content (AvgIpc) is 3.16. The van der Waals surface area contributed by atoms with E-state index in [1.54, 1.807) is 32.4 Å². The van der Waals surface area contributed by atoms with E-state index < -0.39 is 0 Å². The topological polar surface area (TPSA) is 95.5 Å². The molecule has 0 saturated carbocycles. The highest BCUT2D eigenvalue weighted by Gasteiger charge is 2.13. The fourth-order valence-corrected chi connectivity index (χ4v) is 2.85. The van der Waals surface area contributed by atoms with Crippen LogP contribution in [0.4, 0.5) is 5.13 Å². The van der Waals surface area contributed by atoms with Crippen LogP contribution in [0.3, 0.4) is 0 Å². The molecule has 9 heteroatoms. The van der Waals surface area contributed by atoms with Crippen LogP contribution in [0, 0.1) is 0 Å². The van der Waals surface area contributed by atoms with E-state index in [0.29, 0.717) is 33.1 Å². The van der Waals surface area contributed by atoms with E-state index in [9.17, 15) is 4.79 Å². The molecule has 0 bridgehead atoms. The third-order valence-electron chi connectivity index (χ3n) is 3.45. The molecular formula is C17H16N4O4S. The van der Waals surface area contributed by atoms with Crippen molar-refractivity contribution in [3.63, 3.8) is 0 Å². The number of aromatic nitrogens is 3. The number of ether oxygens (including phenoxy) is 3. The van der Waals surface area contributed by atoms with Crippen LogP contribution in [0.15, 0.2) is 36.5 Å². The molecule has 0 aliphatic carbocycles. The minimum Gasteiger partial charge on any atom is -0.497 e. The zero-order chi connectivity index (χ0) is 18.5. The van der Waals surface area contributed by atoms with Gasteiger partial charge in [-0.2, -0.15) is 0 Å². The van der Waals surface area contributed by atoms with Gasteiger partial charge in [-0.1, -0.05) is 11.3 Å². The van der Waals surface area contributed by atoms with Gasteiger partial charge in [0.25, 0.3) is 5.91 Å². The lowest BCUT2D eigenvalue weighted by Crippen LogP contribution is -2.12. The fraction of sp³-hybridized carbons (Fsp3) is 0.176. The Morgan fingerprint density at radius 1 is 1.00 bits per heavy atom. The molecule has 26 heavy (non-hydrogen) atoms. The first-order valence-corrected chi connectivity index (χ1v) is 8.33. The molecule has 134 valence electrons. The van der Waals surface area contributed by atoms with Gasteiger partial charge in [0.2, 0.25) is 11.0 Å². The van der Waals surface area contributed by atoms with Crippen molar-refractivity contribution < 1.29 is 19.0 Å². The number of pyridine rings is 1. The third kappa shape index (κ3) is 3.89. The molecule has 0 fully saturated rings. The van der Waals surface area contributed by atoms with Crippen LogP contribution in [-0.2, 0) is 0 Å². The summed E-state index contributed by atoms with van der Waals surface area (Å²) in [7, 11) is 4.67. The van der Waals surface area contributed by atoms with E-state index in [2.05, 4.69) is 20.5 Å². The second kappa shape index (κ2) is 7.79. The van der Waals surface area contributed by atoms with Gasteiger partial charge in [0, 0.05) is 23.9 Å². The van der Waals surface area contributed by atoms with Crippen LogP contribution in [0.5, 0.6) is 17.4 Å². The Labute approximate surface area is 153 Å². The second-order valence-electron chi connectivity index (χ2n) is 5.06. The van der Waals surface area contributed by atoms with Gasteiger partial charge in [-0.3, -0.25) is 10.1 Å². The second-order valence-corrected chi connectivity index (χ2v) is 6.03. The fourth-order valence-electron chi connectivity index (χ4n) is 2.13. The summed E-state index contributed by atoms with van der Waals surface area (Å²) in [6.45, 7) is 0. The van der Waals surface area contributed by atoms with Gasteiger partial charge in [0.05, 0.1) is 26.9 Å². The standard InChI is InChI=1S/C17H16N4O4S/c1-23-12-6-11(7-13(8-12)24-2)16-20-21-17(26-16)19-15(22)10-4-5-14(25-3)18-9-10/h4-9H,1-3H3,(H,19,21,22). The van der Waals surface area contributed by atoms with Crippen LogP contribution in [-0.4, -0.2) is 42.4 Å². The molecule has 0 atom stereocenters. The van der Waals surface area contributed by atoms with Crippen molar-refractivity contribution in [3.8, 4) is 28.0 Å². The lowest BCUT2D eigenvalue weighted by molar-refractivity contribution is 0.102. The van der Waals surface area contributed by atoms with Gasteiger partial charge < -0.3 is 14.2 Å². The van der Waals surface area contributed by atoms with Crippen molar-refractivity contribution in [2.24, 2.45) is 0 Å². The molecule has 1 aromatic carbocycles. The zero-order valence-electron chi connectivity index (χ0n) is 14.3. The zero-order valence-corrected chi connectivity index (χ0v) is 15.2. The van der Waals surface area contributed by atoms with E-state index in [0.717, 1.165) is 5.56 Å². The molecule has 0 spiro atoms. The van der Waals surface area contributed by atoms with Gasteiger partial charge in [0.1, 0.15) is 16.5 Å². The third-order valence-corrected chi connectivity index (χ3v) is 4.34. The Kier molecular flexibility index (Phi) is 5.28. The monoisotopic (exact) mass is 372 g/mol. The first-order chi connectivity index (χ1) is 12.6. The van der Waals surface area contributed by atoms with E-state index in [1.165, 1.54) is 24.6 Å². The molecule has 1 amide bonds. The van der Waals surface area contributed by atoms with Crippen LogP contribution < -0.4 is 19.5 Å². The van der Waals surface area contributed by atoms with Gasteiger partial charge >= 0.3 is 0 Å². The van der Waals surface area contributed by atoms with E-state index in [-0.39, 0.29) is 5.91 Å². The molecule has 1 N–H and O–H groups in total. The SMILES string of the molecule is COc1cc(OC)cc(-c2nnc(NC(=O)c3ccc(OC)nc3)s2)c1. The van der Waals surface area contributed by atoms with E-state index in [1.807, 2.05) is 12.1 Å². The maximum Gasteiger partial charge on any atom is 0.259 e. The van der Waals surface area contributed by atoms with Gasteiger partial charge in [-0.25, -0.2) is 4.98 Å². The van der Waals surface area contributed by atoms with Gasteiger partial charge in [-0.05, 0) is 18.2 Å². The van der Waals surface area contributed by atoms with Crippen molar-refractivity contribution >= 4 is 22.4 Å². The van der Waals surface area contributed by atoms with E-state index in [4.69, 9.17) is 14.2 Å². The maximum absolute atomic E-state index is 12.3. The molecule has 3 aromatic rings. The number of methoxy groups -OCH3 is 3. The lowest BCUT2D eigenvalue weighted by atomic mass is 10.2. The Morgan fingerprint density at radius 3 is 2.31 bits per heavy atom. The Bertz CT molecular complexity index is 889. The van der Waals surface area contributed by atoms with Crippen LogP contribution in [0.1, 0.15) is 10.4 Å². The summed E-state index contributed by atoms with van der Waals surface area (Å²) < 4.78 is 15.5. The highest BCUT2D eigenvalue weighted by molar-refractivity contribution is 7.18. The minimum atomic E-state index is -0.328. The summed E-state index contributed by atoms with van der Waals surface area (Å²) >= 11 is 1.24. The van der Waals surface area contributed by atoms with Crippen molar-refractivity contribution in [1.29, 1.82) is 0 Å². The largest absolute Gasteiger partial charge is 0.497 e. The molecule has 0 aliphatic rings. The number of amides is 1. The summed E-state index contributed by atoms with van der Waals surface area (Å²) in [6, 6.07) is 8.65. The maximum atomic E-state index is 12.3. The number of benzene rings is 1. The number of nitrogens with zero attached hydrogens (tertiary/aromatic N) is 3. The van der Waals surface area contributed by atoms with Crippen LogP contribution in [0.25, 0.3) is 10.6 Å². The predicted molar refractivity (Wildman–Crippen MR) is 97.2 cm³/mol. The van der Waals surface area contributed by atoms with Crippen molar-refractivity contribution in [3.05, 3.63) is 42.1 Å². The molecule has 0 radical (unpaired) electrons. The summed E-state index contributed by atoms with van der Waals surface area (Å²) in [5, 5.41) is 11.8. The summed E-state index contributed by atoms with van der Waals surface area (Å²) in [5.41, 5.74) is 1.18. The Morgan fingerprint density at radius 2 is 1.73 bits per heavy atom. The lowest BCUT2D eigenvalue weighted by Gasteiger charge is -2.06. The van der Waals surface area contributed by atoms with E-state index >= 15 is 0 Å². The summed E-state index contributed by atoms with van der Waals surface area (Å²) in [5.74, 6) is 1.40. The summed E-state index contributed by atoms with van der Waals surface area (Å²) in [6.07, 6.45) is 1.43. The van der Waals surface area contributed by atoms with Gasteiger partial charge in [-0.15, -0.1) is 10.2 Å². The van der Waals surface area contributed by atoms with Crippen molar-refractivity contribution in [1.82, 2.24) is 15.2 Å². The first-order valence-electron chi connectivity index (χ1n) is 7.51. The Hall–Kier alpha value is -3.20.